The zero-order valence-corrected chi connectivity index (χ0v) is 9.72. The van der Waals surface area contributed by atoms with Crippen LogP contribution in [0.2, 0.25) is 10.0 Å². The number of hydrogen-bond acceptors (Lipinski definition) is 1. The molecule has 0 saturated heterocycles. The lowest BCUT2D eigenvalue weighted by molar-refractivity contribution is 0.475. The van der Waals surface area contributed by atoms with E-state index in [9.17, 15) is 0 Å². The summed E-state index contributed by atoms with van der Waals surface area (Å²) in [6, 6.07) is 1.44. The molecule has 1 N–H and O–H groups in total. The maximum absolute atomic E-state index is 9.15. The Kier molecular flexibility index (Phi) is 3.09. The highest BCUT2D eigenvalue weighted by atomic mass is 79.9. The van der Waals surface area contributed by atoms with Gasteiger partial charge >= 0.3 is 0 Å². The summed E-state index contributed by atoms with van der Waals surface area (Å²) in [6.07, 6.45) is 0. The van der Waals surface area contributed by atoms with E-state index in [-0.39, 0.29) is 10.8 Å². The molecule has 11 heavy (non-hydrogen) atoms. The van der Waals surface area contributed by atoms with Crippen LogP contribution in [0.3, 0.4) is 0 Å². The molecular weight excluding hydrogens is 319 g/mol. The first-order valence-electron chi connectivity index (χ1n) is 2.56. The molecular formula is C6H2Br2Cl2O. The van der Waals surface area contributed by atoms with Crippen molar-refractivity contribution in [3.05, 3.63) is 25.1 Å². The topological polar surface area (TPSA) is 20.2 Å². The van der Waals surface area contributed by atoms with E-state index < -0.39 is 0 Å². The van der Waals surface area contributed by atoms with Gasteiger partial charge in [-0.3, -0.25) is 0 Å². The van der Waals surface area contributed by atoms with Gasteiger partial charge in [-0.15, -0.1) is 0 Å². The fourth-order valence-electron chi connectivity index (χ4n) is 0.560. The standard InChI is InChI=1S/C6H2Br2Cl2O/c7-2-1-3(11)6(10)4(8)5(2)9/h1,11H. The molecule has 0 saturated carbocycles. The van der Waals surface area contributed by atoms with Crippen molar-refractivity contribution in [3.8, 4) is 5.75 Å². The van der Waals surface area contributed by atoms with Crippen molar-refractivity contribution < 1.29 is 5.11 Å². The Morgan fingerprint density at radius 1 is 1.18 bits per heavy atom. The normalized spacial score (nSPS) is 10.2. The van der Waals surface area contributed by atoms with E-state index in [0.717, 1.165) is 0 Å². The molecule has 0 aliphatic rings. The first kappa shape index (κ1) is 9.65. The highest BCUT2D eigenvalue weighted by molar-refractivity contribution is 9.11. The molecule has 0 aliphatic heterocycles. The van der Waals surface area contributed by atoms with Crippen molar-refractivity contribution in [1.29, 1.82) is 0 Å². The van der Waals surface area contributed by atoms with Crippen molar-refractivity contribution in [2.45, 2.75) is 0 Å². The van der Waals surface area contributed by atoms with Gasteiger partial charge in [-0.1, -0.05) is 23.2 Å². The van der Waals surface area contributed by atoms with Gasteiger partial charge in [0.25, 0.3) is 0 Å². The number of halogens is 4. The fraction of sp³-hybridized carbons (Fsp3) is 0. The Morgan fingerprint density at radius 3 is 2.27 bits per heavy atom. The van der Waals surface area contributed by atoms with Crippen LogP contribution >= 0.6 is 55.1 Å². The quantitative estimate of drug-likeness (QED) is 0.560. The number of hydrogen-bond donors (Lipinski definition) is 1. The Hall–Kier alpha value is 0.560. The maximum Gasteiger partial charge on any atom is 0.136 e. The first-order chi connectivity index (χ1) is 5.04. The predicted molar refractivity (Wildman–Crippen MR) is 53.5 cm³/mol. The van der Waals surface area contributed by atoms with Crippen molar-refractivity contribution in [3.63, 3.8) is 0 Å². The number of benzene rings is 1. The highest BCUT2D eigenvalue weighted by Crippen LogP contribution is 2.41. The molecule has 1 aromatic rings. The summed E-state index contributed by atoms with van der Waals surface area (Å²) < 4.78 is 1.10. The van der Waals surface area contributed by atoms with Gasteiger partial charge in [0, 0.05) is 4.47 Å². The maximum atomic E-state index is 9.15. The lowest BCUT2D eigenvalue weighted by Crippen LogP contribution is -1.75. The molecule has 0 bridgehead atoms. The summed E-state index contributed by atoms with van der Waals surface area (Å²) in [5.41, 5.74) is 0. The molecule has 60 valence electrons. The van der Waals surface area contributed by atoms with Gasteiger partial charge < -0.3 is 5.11 Å². The van der Waals surface area contributed by atoms with Gasteiger partial charge in [0.05, 0.1) is 14.5 Å². The van der Waals surface area contributed by atoms with Gasteiger partial charge in [-0.05, 0) is 37.9 Å². The second kappa shape index (κ2) is 3.52. The summed E-state index contributed by atoms with van der Waals surface area (Å²) in [7, 11) is 0. The van der Waals surface area contributed by atoms with Crippen LogP contribution in [-0.2, 0) is 0 Å². The lowest BCUT2D eigenvalue weighted by Gasteiger charge is -2.03. The predicted octanol–water partition coefficient (Wildman–Crippen LogP) is 4.22. The summed E-state index contributed by atoms with van der Waals surface area (Å²) in [5.74, 6) is -0.00480. The van der Waals surface area contributed by atoms with Gasteiger partial charge in [-0.25, -0.2) is 0 Å². The molecule has 0 amide bonds. The largest absolute Gasteiger partial charge is 0.506 e. The Morgan fingerprint density at radius 2 is 1.73 bits per heavy atom. The van der Waals surface area contributed by atoms with Crippen LogP contribution in [0.4, 0.5) is 0 Å². The monoisotopic (exact) mass is 318 g/mol. The van der Waals surface area contributed by atoms with Gasteiger partial charge in [-0.2, -0.15) is 0 Å². The number of phenolic OH excluding ortho intramolecular Hbond substituents is 1. The van der Waals surface area contributed by atoms with Gasteiger partial charge in [0.15, 0.2) is 0 Å². The van der Waals surface area contributed by atoms with Crippen molar-refractivity contribution in [2.75, 3.05) is 0 Å². The smallest absolute Gasteiger partial charge is 0.136 e. The van der Waals surface area contributed by atoms with E-state index in [1.54, 1.807) is 0 Å². The molecule has 0 spiro atoms. The molecule has 0 aromatic heterocycles. The Labute approximate surface area is 90.6 Å². The molecule has 0 atom stereocenters. The second-order valence-corrected chi connectivity index (χ2v) is 4.22. The number of aromatic hydroxyl groups is 1. The summed E-state index contributed by atoms with van der Waals surface area (Å²) in [6.45, 7) is 0. The van der Waals surface area contributed by atoms with Crippen molar-refractivity contribution >= 4 is 55.1 Å². The number of phenols is 1. The third-order valence-corrected chi connectivity index (χ3v) is 3.96. The zero-order chi connectivity index (χ0) is 8.59. The van der Waals surface area contributed by atoms with Gasteiger partial charge in [0.1, 0.15) is 5.75 Å². The molecule has 5 heteroatoms. The van der Waals surface area contributed by atoms with Crippen molar-refractivity contribution in [1.82, 2.24) is 0 Å². The molecule has 1 aromatic carbocycles. The van der Waals surface area contributed by atoms with Crippen LogP contribution in [-0.4, -0.2) is 5.11 Å². The van der Waals surface area contributed by atoms with E-state index in [2.05, 4.69) is 31.9 Å². The lowest BCUT2D eigenvalue weighted by atomic mass is 10.3. The van der Waals surface area contributed by atoms with E-state index in [1.165, 1.54) is 6.07 Å². The third kappa shape index (κ3) is 1.83. The molecule has 0 heterocycles. The van der Waals surface area contributed by atoms with E-state index >= 15 is 0 Å². The molecule has 0 fully saturated rings. The minimum absolute atomic E-state index is 0.00480. The molecule has 1 nitrogen and oxygen atoms in total. The van der Waals surface area contributed by atoms with Gasteiger partial charge in [0.2, 0.25) is 0 Å². The van der Waals surface area contributed by atoms with Crippen molar-refractivity contribution in [2.24, 2.45) is 0 Å². The summed E-state index contributed by atoms with van der Waals surface area (Å²) >= 11 is 17.7. The molecule has 0 unspecified atom stereocenters. The molecule has 1 rings (SSSR count). The summed E-state index contributed by atoms with van der Waals surface area (Å²) in [4.78, 5) is 0. The van der Waals surface area contributed by atoms with Crippen LogP contribution < -0.4 is 0 Å². The Bertz CT molecular complexity index is 275. The van der Waals surface area contributed by atoms with E-state index in [1.807, 2.05) is 0 Å². The molecule has 0 radical (unpaired) electrons. The average Bonchev–Trinajstić information content (AvgIpc) is 1.97. The average molecular weight is 321 g/mol. The van der Waals surface area contributed by atoms with E-state index in [0.29, 0.717) is 14.0 Å². The zero-order valence-electron chi connectivity index (χ0n) is 5.04. The van der Waals surface area contributed by atoms with Crippen LogP contribution in [0.1, 0.15) is 0 Å². The highest BCUT2D eigenvalue weighted by Gasteiger charge is 2.10. The first-order valence-corrected chi connectivity index (χ1v) is 4.90. The minimum Gasteiger partial charge on any atom is -0.506 e. The second-order valence-electron chi connectivity index (χ2n) is 1.82. The minimum atomic E-state index is -0.00480. The third-order valence-electron chi connectivity index (χ3n) is 1.08. The van der Waals surface area contributed by atoms with Crippen LogP contribution in [0.15, 0.2) is 15.0 Å². The van der Waals surface area contributed by atoms with Crippen LogP contribution in [0, 0.1) is 0 Å². The molecule has 0 aliphatic carbocycles. The fourth-order valence-corrected chi connectivity index (χ4v) is 2.00. The Balaban J connectivity index is 3.46. The SMILES string of the molecule is Oc1cc(Br)c(Cl)c(Br)c1Cl. The van der Waals surface area contributed by atoms with E-state index in [4.69, 9.17) is 28.3 Å². The van der Waals surface area contributed by atoms with Crippen LogP contribution in [0.25, 0.3) is 0 Å². The summed E-state index contributed by atoms with van der Waals surface area (Å²) in [5, 5.41) is 9.83. The van der Waals surface area contributed by atoms with Crippen LogP contribution in [0.5, 0.6) is 5.75 Å². The number of rotatable bonds is 0.